The Morgan fingerprint density at radius 2 is 2.25 bits per heavy atom. The monoisotopic (exact) mass is 288 g/mol. The molecule has 0 aromatic carbocycles. The van der Waals surface area contributed by atoms with Gasteiger partial charge >= 0.3 is 0 Å². The molecule has 1 rings (SSSR count). The van der Waals surface area contributed by atoms with Crippen molar-refractivity contribution >= 4 is 21.7 Å². The van der Waals surface area contributed by atoms with Crippen molar-refractivity contribution in [2.24, 2.45) is 0 Å². The van der Waals surface area contributed by atoms with Gasteiger partial charge in [0, 0.05) is 25.2 Å². The maximum absolute atomic E-state index is 9.60. The van der Waals surface area contributed by atoms with Gasteiger partial charge in [-0.3, -0.25) is 0 Å². The van der Waals surface area contributed by atoms with E-state index in [1.807, 2.05) is 31.0 Å². The Balaban J connectivity index is 2.65. The molecule has 0 aliphatic carbocycles. The number of nitrogens with zero attached hydrogens (tertiary/aromatic N) is 2. The molecule has 1 atom stereocenters. The van der Waals surface area contributed by atoms with Gasteiger partial charge in [0.2, 0.25) is 0 Å². The normalized spacial score (nSPS) is 12.6. The van der Waals surface area contributed by atoms with Crippen molar-refractivity contribution in [3.8, 4) is 0 Å². The summed E-state index contributed by atoms with van der Waals surface area (Å²) < 4.78 is 5.87. The number of aliphatic hydroxyl groups excluding tert-OH is 1. The summed E-state index contributed by atoms with van der Waals surface area (Å²) in [6.07, 6.45) is -0.499. The minimum Gasteiger partial charge on any atom is -0.389 e. The fraction of sp³-hybridized carbons (Fsp3) is 0.545. The number of ether oxygens (including phenoxy) is 1. The maximum Gasteiger partial charge on any atom is 0.128 e. The van der Waals surface area contributed by atoms with Crippen molar-refractivity contribution in [1.29, 1.82) is 0 Å². The Morgan fingerprint density at radius 3 is 2.81 bits per heavy atom. The average molecular weight is 289 g/mol. The molecule has 4 nitrogen and oxygen atoms in total. The zero-order chi connectivity index (χ0) is 12.1. The number of hydrogen-bond acceptors (Lipinski definition) is 4. The van der Waals surface area contributed by atoms with Crippen molar-refractivity contribution in [2.45, 2.75) is 13.0 Å². The lowest BCUT2D eigenvalue weighted by Gasteiger charge is -2.21. The fourth-order valence-corrected chi connectivity index (χ4v) is 1.62. The fourth-order valence-electron chi connectivity index (χ4n) is 1.40. The summed E-state index contributed by atoms with van der Waals surface area (Å²) in [5, 5.41) is 9.60. The highest BCUT2D eigenvalue weighted by atomic mass is 79.9. The molecular weight excluding hydrogens is 272 g/mol. The van der Waals surface area contributed by atoms with Gasteiger partial charge in [-0.1, -0.05) is 0 Å². The van der Waals surface area contributed by atoms with Crippen LogP contribution in [0, 0.1) is 6.92 Å². The molecule has 90 valence electrons. The van der Waals surface area contributed by atoms with E-state index in [0.29, 0.717) is 13.2 Å². The number of aliphatic hydroxyl groups is 1. The molecule has 0 amide bonds. The van der Waals surface area contributed by atoms with E-state index in [4.69, 9.17) is 4.74 Å². The van der Waals surface area contributed by atoms with Crippen molar-refractivity contribution in [1.82, 2.24) is 4.98 Å². The van der Waals surface area contributed by atoms with Gasteiger partial charge in [0.15, 0.2) is 0 Å². The van der Waals surface area contributed by atoms with Crippen molar-refractivity contribution < 1.29 is 9.84 Å². The standard InChI is InChI=1S/C11H17BrN2O2/c1-8-10(12)4-5-11(13-8)14(2)6-9(15)7-16-3/h4-5,9,15H,6-7H2,1-3H3/t9-/m0/s1. The Morgan fingerprint density at radius 1 is 1.56 bits per heavy atom. The van der Waals surface area contributed by atoms with Crippen LogP contribution in [-0.2, 0) is 4.74 Å². The Bertz CT molecular complexity index is 347. The number of halogens is 1. The Hall–Kier alpha value is -0.650. The summed E-state index contributed by atoms with van der Waals surface area (Å²) in [7, 11) is 3.47. The molecule has 0 aliphatic heterocycles. The molecule has 0 radical (unpaired) electrons. The molecule has 5 heteroatoms. The molecule has 1 aromatic rings. The van der Waals surface area contributed by atoms with Crippen LogP contribution >= 0.6 is 15.9 Å². The summed E-state index contributed by atoms with van der Waals surface area (Å²) in [5.41, 5.74) is 0.936. The van der Waals surface area contributed by atoms with E-state index in [1.165, 1.54) is 0 Å². The first kappa shape index (κ1) is 13.4. The largest absolute Gasteiger partial charge is 0.389 e. The Labute approximate surface area is 104 Å². The Kier molecular flexibility index (Phi) is 5.18. The zero-order valence-corrected chi connectivity index (χ0v) is 11.4. The van der Waals surface area contributed by atoms with E-state index in [2.05, 4.69) is 20.9 Å². The van der Waals surface area contributed by atoms with Crippen LogP contribution in [0.1, 0.15) is 5.69 Å². The van der Waals surface area contributed by atoms with Crippen molar-refractivity contribution in [2.75, 3.05) is 32.2 Å². The van der Waals surface area contributed by atoms with Crippen LogP contribution in [0.5, 0.6) is 0 Å². The van der Waals surface area contributed by atoms with Crippen LogP contribution in [0.15, 0.2) is 16.6 Å². The second kappa shape index (κ2) is 6.18. The topological polar surface area (TPSA) is 45.6 Å². The first-order valence-electron chi connectivity index (χ1n) is 5.06. The SMILES string of the molecule is COC[C@@H](O)CN(C)c1ccc(Br)c(C)n1. The van der Waals surface area contributed by atoms with Crippen LogP contribution in [0.2, 0.25) is 0 Å². The smallest absolute Gasteiger partial charge is 0.128 e. The van der Waals surface area contributed by atoms with Gasteiger partial charge in [-0.25, -0.2) is 4.98 Å². The highest BCUT2D eigenvalue weighted by molar-refractivity contribution is 9.10. The van der Waals surface area contributed by atoms with Crippen LogP contribution in [0.3, 0.4) is 0 Å². The molecular formula is C11H17BrN2O2. The molecule has 1 heterocycles. The number of pyridine rings is 1. The third kappa shape index (κ3) is 3.73. The highest BCUT2D eigenvalue weighted by Crippen LogP contribution is 2.18. The number of likely N-dealkylation sites (N-methyl/N-ethyl adjacent to an activating group) is 1. The quantitative estimate of drug-likeness (QED) is 0.894. The molecule has 0 spiro atoms. The summed E-state index contributed by atoms with van der Waals surface area (Å²) in [6.45, 7) is 2.77. The molecule has 1 N–H and O–H groups in total. The van der Waals surface area contributed by atoms with Crippen LogP contribution in [-0.4, -0.2) is 43.5 Å². The summed E-state index contributed by atoms with van der Waals surface area (Å²) in [4.78, 5) is 6.32. The average Bonchev–Trinajstić information content (AvgIpc) is 2.22. The molecule has 1 aromatic heterocycles. The first-order chi connectivity index (χ1) is 7.54. The number of methoxy groups -OCH3 is 1. The van der Waals surface area contributed by atoms with E-state index in [0.717, 1.165) is 16.0 Å². The van der Waals surface area contributed by atoms with E-state index >= 15 is 0 Å². The van der Waals surface area contributed by atoms with E-state index in [9.17, 15) is 5.11 Å². The van der Waals surface area contributed by atoms with Crippen LogP contribution < -0.4 is 4.90 Å². The molecule has 0 aliphatic rings. The first-order valence-corrected chi connectivity index (χ1v) is 5.85. The predicted octanol–water partition coefficient (Wildman–Crippen LogP) is 1.60. The molecule has 0 saturated carbocycles. The van der Waals surface area contributed by atoms with Gasteiger partial charge in [0.05, 0.1) is 18.4 Å². The lowest BCUT2D eigenvalue weighted by Crippen LogP contribution is -2.32. The molecule has 0 bridgehead atoms. The van der Waals surface area contributed by atoms with Crippen molar-refractivity contribution in [3.05, 3.63) is 22.3 Å². The summed E-state index contributed by atoms with van der Waals surface area (Å²) >= 11 is 3.40. The molecule has 16 heavy (non-hydrogen) atoms. The van der Waals surface area contributed by atoms with Crippen molar-refractivity contribution in [3.63, 3.8) is 0 Å². The third-order valence-corrected chi connectivity index (χ3v) is 3.08. The lowest BCUT2D eigenvalue weighted by atomic mass is 10.3. The summed E-state index contributed by atoms with van der Waals surface area (Å²) in [5.74, 6) is 0.843. The van der Waals surface area contributed by atoms with Gasteiger partial charge in [0.1, 0.15) is 5.82 Å². The maximum atomic E-state index is 9.60. The van der Waals surface area contributed by atoms with Gasteiger partial charge in [0.25, 0.3) is 0 Å². The predicted molar refractivity (Wildman–Crippen MR) is 67.8 cm³/mol. The number of anilines is 1. The number of aryl methyl sites for hydroxylation is 1. The zero-order valence-electron chi connectivity index (χ0n) is 9.77. The molecule has 0 unspecified atom stereocenters. The van der Waals surface area contributed by atoms with Crippen LogP contribution in [0.4, 0.5) is 5.82 Å². The van der Waals surface area contributed by atoms with Gasteiger partial charge in [-0.15, -0.1) is 0 Å². The van der Waals surface area contributed by atoms with Gasteiger partial charge in [-0.05, 0) is 35.0 Å². The van der Waals surface area contributed by atoms with E-state index in [1.54, 1.807) is 7.11 Å². The highest BCUT2D eigenvalue weighted by Gasteiger charge is 2.10. The van der Waals surface area contributed by atoms with Gasteiger partial charge < -0.3 is 14.7 Å². The third-order valence-electron chi connectivity index (χ3n) is 2.24. The molecule has 0 saturated heterocycles. The lowest BCUT2D eigenvalue weighted by molar-refractivity contribution is 0.0694. The van der Waals surface area contributed by atoms with E-state index in [-0.39, 0.29) is 0 Å². The van der Waals surface area contributed by atoms with E-state index < -0.39 is 6.10 Å². The molecule has 0 fully saturated rings. The second-order valence-electron chi connectivity index (χ2n) is 3.73. The van der Waals surface area contributed by atoms with Gasteiger partial charge in [-0.2, -0.15) is 0 Å². The number of rotatable bonds is 5. The number of aromatic nitrogens is 1. The minimum absolute atomic E-state index is 0.333. The minimum atomic E-state index is -0.499. The van der Waals surface area contributed by atoms with Crippen LogP contribution in [0.25, 0.3) is 0 Å². The summed E-state index contributed by atoms with van der Waals surface area (Å²) in [6, 6.07) is 3.87. The number of hydrogen-bond donors (Lipinski definition) is 1. The second-order valence-corrected chi connectivity index (χ2v) is 4.58.